The molecule has 0 spiro atoms. The maximum atomic E-state index is 14.5. The lowest BCUT2D eigenvalue weighted by Gasteiger charge is -2.30. The van der Waals surface area contributed by atoms with Crippen LogP contribution in [-0.2, 0) is 91.2 Å². The third kappa shape index (κ3) is 37.7. The van der Waals surface area contributed by atoms with Crippen LogP contribution in [0.1, 0.15) is 149 Å². The lowest BCUT2D eigenvalue weighted by molar-refractivity contribution is -0.143. The van der Waals surface area contributed by atoms with E-state index in [0.29, 0.717) is 55.3 Å². The normalized spacial score (nSPS) is 14.7. The van der Waals surface area contributed by atoms with Gasteiger partial charge in [-0.3, -0.25) is 72.5 Å². The van der Waals surface area contributed by atoms with Gasteiger partial charge in [0.2, 0.25) is 82.7 Å². The minimum atomic E-state index is -1.69. The predicted octanol–water partition coefficient (Wildman–Crippen LogP) is -3.67. The van der Waals surface area contributed by atoms with E-state index in [9.17, 15) is 87.2 Å². The van der Waals surface area contributed by atoms with Crippen LogP contribution >= 0.6 is 0 Å². The van der Waals surface area contributed by atoms with E-state index in [0.717, 1.165) is 0 Å². The number of carbonyl (C=O) groups is 15. The van der Waals surface area contributed by atoms with E-state index >= 15 is 0 Å². The van der Waals surface area contributed by atoms with Gasteiger partial charge in [0.15, 0.2) is 5.96 Å². The van der Waals surface area contributed by atoms with E-state index in [2.05, 4.69) is 74.4 Å². The zero-order valence-corrected chi connectivity index (χ0v) is 67.2. The number of benzene rings is 3. The maximum Gasteiger partial charge on any atom is 0.326 e. The number of hydrogen-bond acceptors (Lipinski definition) is 21. The monoisotopic (exact) mass is 1630 g/mol. The van der Waals surface area contributed by atoms with Crippen molar-refractivity contribution in [3.63, 3.8) is 0 Å². The molecule has 0 saturated carbocycles. The minimum Gasteiger partial charge on any atom is -0.508 e. The third-order valence-corrected chi connectivity index (χ3v) is 19.0. The average Bonchev–Trinajstić information content (AvgIpc) is 0.835. The molecule has 0 aliphatic carbocycles. The number of aromatic hydroxyl groups is 1. The van der Waals surface area contributed by atoms with Crippen LogP contribution in [0.4, 0.5) is 0 Å². The van der Waals surface area contributed by atoms with Gasteiger partial charge >= 0.3 is 5.97 Å². The second-order valence-electron chi connectivity index (χ2n) is 29.1. The number of hydrogen-bond donors (Lipinski definition) is 23. The fourth-order valence-corrected chi connectivity index (χ4v) is 11.8. The summed E-state index contributed by atoms with van der Waals surface area (Å²) in [5.41, 5.74) is 30.2. The Hall–Kier alpha value is -11.4. The molecule has 0 saturated heterocycles. The summed E-state index contributed by atoms with van der Waals surface area (Å²) >= 11 is 0. The molecule has 0 fully saturated rings. The number of carbonyl (C=O) groups excluding carboxylic acids is 14. The molecule has 0 heterocycles. The Bertz CT molecular complexity index is 3710. The van der Waals surface area contributed by atoms with Crippen molar-refractivity contribution in [3.05, 3.63) is 102 Å². The summed E-state index contributed by atoms with van der Waals surface area (Å²) in [6.07, 6.45) is -0.367. The highest BCUT2D eigenvalue weighted by molar-refractivity contribution is 5.99. The van der Waals surface area contributed by atoms with Crippen LogP contribution < -0.4 is 103 Å². The Kier molecular flexibility index (Phi) is 45.1. The molecular weight excluding hydrogens is 1500 g/mol. The fraction of sp³-hybridized carbons (Fsp3) is 0.564. The van der Waals surface area contributed by atoms with Crippen molar-refractivity contribution < 1.29 is 87.2 Å². The first-order valence-electron chi connectivity index (χ1n) is 39.1. The molecule has 0 bridgehead atoms. The van der Waals surface area contributed by atoms with Crippen molar-refractivity contribution >= 4 is 94.6 Å². The summed E-state index contributed by atoms with van der Waals surface area (Å²) in [6, 6.07) is 7.06. The molecule has 0 aromatic heterocycles. The Morgan fingerprint density at radius 3 is 1.21 bits per heavy atom. The van der Waals surface area contributed by atoms with Crippen molar-refractivity contribution in [1.82, 2.24) is 74.4 Å². The number of aliphatic hydroxyl groups is 1. The van der Waals surface area contributed by atoms with Crippen molar-refractivity contribution in [3.8, 4) is 5.75 Å². The molecule has 28 N–H and O–H groups in total. The van der Waals surface area contributed by atoms with Crippen LogP contribution in [-0.4, -0.2) is 222 Å². The lowest BCUT2D eigenvalue weighted by atomic mass is 9.96. The Morgan fingerprint density at radius 2 is 0.776 bits per heavy atom. The van der Waals surface area contributed by atoms with Crippen LogP contribution in [0.15, 0.2) is 84.9 Å². The Morgan fingerprint density at radius 1 is 0.405 bits per heavy atom. The van der Waals surface area contributed by atoms with E-state index in [1.54, 1.807) is 95.3 Å². The molecule has 38 heteroatoms. The van der Waals surface area contributed by atoms with Crippen LogP contribution in [0.3, 0.4) is 0 Å². The summed E-state index contributed by atoms with van der Waals surface area (Å²) in [7, 11) is 0. The Balaban J connectivity index is 1.83. The van der Waals surface area contributed by atoms with Crippen LogP contribution in [0, 0.1) is 23.2 Å². The molecule has 0 aliphatic rings. The fourth-order valence-electron chi connectivity index (χ4n) is 11.8. The van der Waals surface area contributed by atoms with Gasteiger partial charge in [-0.2, -0.15) is 0 Å². The number of nitrogens with one attached hydrogen (secondary N) is 15. The molecule has 0 aliphatic heterocycles. The number of carboxylic acids is 1. The molecule has 0 unspecified atom stereocenters. The summed E-state index contributed by atoms with van der Waals surface area (Å²) in [6.45, 7) is 9.93. The van der Waals surface area contributed by atoms with E-state index in [-0.39, 0.29) is 94.9 Å². The second kappa shape index (κ2) is 52.9. The number of nitrogens with two attached hydrogens (primary N) is 5. The summed E-state index contributed by atoms with van der Waals surface area (Å²) in [5.74, 6) is -15.4. The molecule has 0 radical (unpaired) electrons. The van der Waals surface area contributed by atoms with Crippen molar-refractivity contribution in [1.29, 1.82) is 5.41 Å². The number of phenolic OH excluding ortho intramolecular Hbond substituents is 1. The van der Waals surface area contributed by atoms with Gasteiger partial charge in [0.1, 0.15) is 66.2 Å². The number of aliphatic carboxylic acids is 1. The van der Waals surface area contributed by atoms with Crippen molar-refractivity contribution in [2.45, 2.75) is 224 Å². The first kappa shape index (κ1) is 98.8. The summed E-state index contributed by atoms with van der Waals surface area (Å²) < 4.78 is 0. The van der Waals surface area contributed by atoms with Crippen LogP contribution in [0.5, 0.6) is 5.75 Å². The first-order chi connectivity index (χ1) is 55.0. The molecule has 642 valence electrons. The van der Waals surface area contributed by atoms with Gasteiger partial charge in [-0.05, 0) is 131 Å². The molecule has 3 aromatic rings. The molecule has 38 nitrogen and oxygen atoms in total. The van der Waals surface area contributed by atoms with Gasteiger partial charge in [0, 0.05) is 32.2 Å². The molecule has 3 aromatic carbocycles. The van der Waals surface area contributed by atoms with Crippen LogP contribution in [0.2, 0.25) is 0 Å². The number of primary amides is 1. The van der Waals surface area contributed by atoms with E-state index in [1.165, 1.54) is 31.2 Å². The van der Waals surface area contributed by atoms with Gasteiger partial charge in [-0.1, -0.05) is 127 Å². The van der Waals surface area contributed by atoms with E-state index in [4.69, 9.17) is 34.1 Å². The highest BCUT2D eigenvalue weighted by Crippen LogP contribution is 2.17. The standard InChI is InChI=1S/C78H122N20O18/c1-8-45(5)64(82)74(112)93-53(26-17-19-35-80)73(111)97-65(46(6)9-2)75(113)94-55(32-33-60(81)101)71(109)92-54(27-20-36-85-78(83)84)70(108)95-56(37-44(3)4)67(105)86-42-62(103)90-57(38-48-21-12-10-13-22-48)68(106)88-43-63(104)91-58(39-50-28-30-51(100)31-29-50)69(107)87-41-61(102)89-52(25-16-18-34-79)72(110)98-66(47(7)99)76(114)96-59(77(115)116)40-49-23-14-11-15-24-49/h10-15,21-24,28-31,44-47,52-59,64-66,99-100H,8-9,16-20,25-27,32-43,79-80,82H2,1-7H3,(H2,81,101)(H,86,105)(H,87,107)(H,88,106)(H,89,102)(H,90,103)(H,91,104)(H,92,109)(H,93,112)(H,94,113)(H,95,108)(H,96,114)(H,97,111)(H,98,110)(H,115,116)(H4,83,84,85)/t45-,46-,47-,52+,53-,54-,55-,56+,57+,58+,59+,64-,65-,66+/m0/s1. The highest BCUT2D eigenvalue weighted by atomic mass is 16.4. The van der Waals surface area contributed by atoms with Gasteiger partial charge in [-0.15, -0.1) is 0 Å². The maximum absolute atomic E-state index is 14.5. The number of rotatable bonds is 55. The average molecular weight is 1630 g/mol. The lowest BCUT2D eigenvalue weighted by Crippen LogP contribution is -2.61. The molecular formula is C78H122N20O18. The van der Waals surface area contributed by atoms with E-state index < -0.39 is 199 Å². The van der Waals surface area contributed by atoms with Crippen molar-refractivity contribution in [2.24, 2.45) is 46.4 Å². The quantitative estimate of drug-likeness (QED) is 0.0147. The molecule has 14 atom stereocenters. The second-order valence-corrected chi connectivity index (χ2v) is 29.1. The SMILES string of the molecule is CC[C@H](C)[C@H](N)C(=O)N[C@@H](CCCCN)C(=O)N[C@H](C(=O)N[C@@H](CCC(N)=O)C(=O)N[C@@H](CCCNC(=N)N)C(=O)N[C@H](CC(C)C)C(=O)NCC(=O)N[C@H](Cc1ccccc1)C(=O)NCC(=O)N[C@H](Cc1ccc(O)cc1)C(=O)NCC(=O)N[C@H](CCCCN)C(=O)N[C@@H](C(=O)N[C@H](Cc1ccccc1)C(=O)O)[C@H](C)O)[C@@H](C)CC. The zero-order chi connectivity index (χ0) is 86.6. The zero-order valence-electron chi connectivity index (χ0n) is 67.2. The first-order valence-corrected chi connectivity index (χ1v) is 39.1. The number of phenols is 1. The predicted molar refractivity (Wildman–Crippen MR) is 429 cm³/mol. The summed E-state index contributed by atoms with van der Waals surface area (Å²) in [5, 5.41) is 73.8. The Labute approximate surface area is 675 Å². The van der Waals surface area contributed by atoms with Gasteiger partial charge in [-0.25, -0.2) is 4.79 Å². The van der Waals surface area contributed by atoms with Crippen molar-refractivity contribution in [2.75, 3.05) is 39.3 Å². The summed E-state index contributed by atoms with van der Waals surface area (Å²) in [4.78, 5) is 206. The smallest absolute Gasteiger partial charge is 0.326 e. The largest absolute Gasteiger partial charge is 0.508 e. The topological polar surface area (TPSA) is 639 Å². The van der Waals surface area contributed by atoms with Gasteiger partial charge in [0.05, 0.1) is 31.8 Å². The number of amides is 14. The van der Waals surface area contributed by atoms with Gasteiger partial charge in [0.25, 0.3) is 0 Å². The van der Waals surface area contributed by atoms with E-state index in [1.807, 2.05) is 6.92 Å². The number of aliphatic hydroxyl groups excluding tert-OH is 1. The third-order valence-electron chi connectivity index (χ3n) is 19.0. The molecule has 3 rings (SSSR count). The highest BCUT2D eigenvalue weighted by Gasteiger charge is 2.38. The molecule has 14 amide bonds. The minimum absolute atomic E-state index is 0.0293. The molecule has 116 heavy (non-hydrogen) atoms. The van der Waals surface area contributed by atoms with Crippen LogP contribution in [0.25, 0.3) is 0 Å². The number of unbranched alkanes of at least 4 members (excludes halogenated alkanes) is 2. The number of guanidine groups is 1. The number of carboxylic acid groups (broad SMARTS) is 1. The van der Waals surface area contributed by atoms with Gasteiger partial charge < -0.3 is 118 Å².